The first kappa shape index (κ1) is 19.3. The van der Waals surface area contributed by atoms with Crippen molar-refractivity contribution >= 4 is 28.0 Å². The van der Waals surface area contributed by atoms with Crippen LogP contribution in [-0.2, 0) is 10.8 Å². The Hall–Kier alpha value is -2.51. The molecular formula is C20H20N2O3S2. The largest absolute Gasteiger partial charge is 0.497 e. The normalized spacial score (nSPS) is 13.0. The minimum Gasteiger partial charge on any atom is -0.497 e. The van der Waals surface area contributed by atoms with E-state index >= 15 is 0 Å². The van der Waals surface area contributed by atoms with Crippen LogP contribution in [0.2, 0.25) is 0 Å². The van der Waals surface area contributed by atoms with Gasteiger partial charge < -0.3 is 10.1 Å². The molecule has 3 aromatic rings. The van der Waals surface area contributed by atoms with Crippen LogP contribution in [0.4, 0.5) is 0 Å². The third kappa shape index (κ3) is 5.02. The maximum absolute atomic E-state index is 12.7. The summed E-state index contributed by atoms with van der Waals surface area (Å²) >= 11 is 1.41. The summed E-state index contributed by atoms with van der Waals surface area (Å²) in [5.74, 6) is 0.849. The molecule has 0 aliphatic rings. The second-order valence-corrected chi connectivity index (χ2v) is 8.28. The number of hydrogen-bond acceptors (Lipinski definition) is 5. The van der Waals surface area contributed by atoms with E-state index in [2.05, 4.69) is 10.3 Å². The number of benzene rings is 2. The first-order valence-corrected chi connectivity index (χ1v) is 10.9. The summed E-state index contributed by atoms with van der Waals surface area (Å²) in [7, 11) is 0.577. The second-order valence-electron chi connectivity index (χ2n) is 5.94. The van der Waals surface area contributed by atoms with Gasteiger partial charge in [0.1, 0.15) is 16.5 Å². The van der Waals surface area contributed by atoms with Gasteiger partial charge in [0, 0.05) is 33.8 Å². The minimum atomic E-state index is -1.04. The maximum Gasteiger partial charge on any atom is 0.271 e. The number of nitrogens with one attached hydrogen (secondary N) is 1. The maximum atomic E-state index is 12.7. The van der Waals surface area contributed by atoms with E-state index in [0.717, 1.165) is 21.9 Å². The number of hydrogen-bond donors (Lipinski definition) is 1. The zero-order valence-corrected chi connectivity index (χ0v) is 16.7. The molecule has 1 amide bonds. The van der Waals surface area contributed by atoms with Crippen molar-refractivity contribution in [1.82, 2.24) is 10.3 Å². The Kier molecular flexibility index (Phi) is 6.36. The molecule has 0 spiro atoms. The highest BCUT2D eigenvalue weighted by Crippen LogP contribution is 2.26. The van der Waals surface area contributed by atoms with Gasteiger partial charge in [-0.05, 0) is 29.8 Å². The lowest BCUT2D eigenvalue weighted by molar-refractivity contribution is 0.0936. The van der Waals surface area contributed by atoms with Crippen molar-refractivity contribution in [3.8, 4) is 16.3 Å². The van der Waals surface area contributed by atoms with Gasteiger partial charge in [-0.3, -0.25) is 9.00 Å². The lowest BCUT2D eigenvalue weighted by atomic mass is 10.1. The minimum absolute atomic E-state index is 0.273. The van der Waals surface area contributed by atoms with Gasteiger partial charge in [-0.2, -0.15) is 0 Å². The molecule has 5 nitrogen and oxygen atoms in total. The SMILES string of the molecule is COc1ccc(-c2nc(C(=O)NC(CS(C)=O)c3ccccc3)cs2)cc1. The Morgan fingerprint density at radius 2 is 1.89 bits per heavy atom. The standard InChI is InChI=1S/C20H20N2O3S2/c1-25-16-10-8-15(9-11-16)20-22-17(12-26-20)19(23)21-18(13-27(2)24)14-6-4-3-5-7-14/h3-12,18H,13H2,1-2H3,(H,21,23). The molecule has 0 saturated carbocycles. The topological polar surface area (TPSA) is 68.3 Å². The Bertz CT molecular complexity index is 924. The number of carbonyl (C=O) groups is 1. The highest BCUT2D eigenvalue weighted by atomic mass is 32.2. The molecule has 2 atom stereocenters. The predicted molar refractivity (Wildman–Crippen MR) is 110 cm³/mol. The van der Waals surface area contributed by atoms with Crippen molar-refractivity contribution in [3.63, 3.8) is 0 Å². The summed E-state index contributed by atoms with van der Waals surface area (Å²) in [6.45, 7) is 0. The quantitative estimate of drug-likeness (QED) is 0.657. The fourth-order valence-electron chi connectivity index (χ4n) is 2.62. The average molecular weight is 401 g/mol. The van der Waals surface area contributed by atoms with Crippen molar-refractivity contribution in [2.45, 2.75) is 6.04 Å². The molecular weight excluding hydrogens is 380 g/mol. The number of aromatic nitrogens is 1. The Balaban J connectivity index is 1.76. The van der Waals surface area contributed by atoms with E-state index in [0.29, 0.717) is 11.4 Å². The van der Waals surface area contributed by atoms with Gasteiger partial charge in [-0.25, -0.2) is 4.98 Å². The molecule has 7 heteroatoms. The molecule has 0 radical (unpaired) electrons. The van der Waals surface area contributed by atoms with Crippen molar-refractivity contribution < 1.29 is 13.7 Å². The van der Waals surface area contributed by atoms with Gasteiger partial charge in [0.25, 0.3) is 5.91 Å². The molecule has 2 aromatic carbocycles. The highest BCUT2D eigenvalue weighted by Gasteiger charge is 2.19. The molecule has 0 aliphatic carbocycles. The van der Waals surface area contributed by atoms with E-state index in [9.17, 15) is 9.00 Å². The molecule has 1 N–H and O–H groups in total. The number of amides is 1. The number of carbonyl (C=O) groups excluding carboxylic acids is 1. The number of ether oxygens (including phenoxy) is 1. The molecule has 0 saturated heterocycles. The summed E-state index contributed by atoms with van der Waals surface area (Å²) < 4.78 is 16.9. The Morgan fingerprint density at radius 3 is 2.52 bits per heavy atom. The Labute approximate surface area is 164 Å². The van der Waals surface area contributed by atoms with Crippen molar-refractivity contribution in [2.24, 2.45) is 0 Å². The molecule has 0 bridgehead atoms. The molecule has 140 valence electrons. The Morgan fingerprint density at radius 1 is 1.19 bits per heavy atom. The van der Waals surface area contributed by atoms with Gasteiger partial charge >= 0.3 is 0 Å². The first-order chi connectivity index (χ1) is 13.1. The van der Waals surface area contributed by atoms with Crippen molar-refractivity contribution in [3.05, 3.63) is 71.2 Å². The van der Waals surface area contributed by atoms with Crippen LogP contribution in [0.1, 0.15) is 22.1 Å². The highest BCUT2D eigenvalue weighted by molar-refractivity contribution is 7.84. The predicted octanol–water partition coefficient (Wildman–Crippen LogP) is 3.67. The lowest BCUT2D eigenvalue weighted by Gasteiger charge is -2.17. The van der Waals surface area contributed by atoms with E-state index in [1.807, 2.05) is 54.6 Å². The molecule has 0 fully saturated rings. The number of methoxy groups -OCH3 is 1. The van der Waals surface area contributed by atoms with Crippen LogP contribution < -0.4 is 10.1 Å². The fraction of sp³-hybridized carbons (Fsp3) is 0.200. The van der Waals surface area contributed by atoms with Gasteiger partial charge in [0.15, 0.2) is 0 Å². The smallest absolute Gasteiger partial charge is 0.271 e. The third-order valence-corrected chi connectivity index (χ3v) is 5.68. The van der Waals surface area contributed by atoms with Crippen LogP contribution in [0.5, 0.6) is 5.75 Å². The van der Waals surface area contributed by atoms with E-state index in [1.54, 1.807) is 18.7 Å². The summed E-state index contributed by atoms with van der Waals surface area (Å²) in [5.41, 5.74) is 2.20. The zero-order valence-electron chi connectivity index (χ0n) is 15.0. The van der Waals surface area contributed by atoms with Crippen LogP contribution in [0.15, 0.2) is 60.0 Å². The van der Waals surface area contributed by atoms with Gasteiger partial charge in [-0.15, -0.1) is 11.3 Å². The molecule has 2 unspecified atom stereocenters. The van der Waals surface area contributed by atoms with Gasteiger partial charge in [-0.1, -0.05) is 30.3 Å². The van der Waals surface area contributed by atoms with E-state index in [1.165, 1.54) is 11.3 Å². The van der Waals surface area contributed by atoms with Crippen LogP contribution in [-0.4, -0.2) is 34.2 Å². The van der Waals surface area contributed by atoms with Crippen LogP contribution in [0.25, 0.3) is 10.6 Å². The van der Waals surface area contributed by atoms with Crippen LogP contribution in [0.3, 0.4) is 0 Å². The van der Waals surface area contributed by atoms with Crippen molar-refractivity contribution in [1.29, 1.82) is 0 Å². The summed E-state index contributed by atoms with van der Waals surface area (Å²) in [6.07, 6.45) is 1.63. The van der Waals surface area contributed by atoms with Crippen LogP contribution >= 0.6 is 11.3 Å². The number of thiazole rings is 1. The first-order valence-electron chi connectivity index (χ1n) is 8.32. The summed E-state index contributed by atoms with van der Waals surface area (Å²) in [6, 6.07) is 16.8. The van der Waals surface area contributed by atoms with Gasteiger partial charge in [0.05, 0.1) is 13.2 Å². The monoisotopic (exact) mass is 400 g/mol. The second kappa shape index (κ2) is 8.92. The van der Waals surface area contributed by atoms with E-state index < -0.39 is 10.8 Å². The van der Waals surface area contributed by atoms with Crippen molar-refractivity contribution in [2.75, 3.05) is 19.1 Å². The average Bonchev–Trinajstić information content (AvgIpc) is 3.18. The molecule has 1 aromatic heterocycles. The number of rotatable bonds is 7. The molecule has 3 rings (SSSR count). The lowest BCUT2D eigenvalue weighted by Crippen LogP contribution is -2.32. The molecule has 1 heterocycles. The number of nitrogens with zero attached hydrogens (tertiary/aromatic N) is 1. The molecule has 27 heavy (non-hydrogen) atoms. The fourth-order valence-corrected chi connectivity index (χ4v) is 4.17. The van der Waals surface area contributed by atoms with E-state index in [-0.39, 0.29) is 11.9 Å². The van der Waals surface area contributed by atoms with Crippen LogP contribution in [0, 0.1) is 0 Å². The third-order valence-electron chi connectivity index (χ3n) is 3.98. The van der Waals surface area contributed by atoms with E-state index in [4.69, 9.17) is 4.74 Å². The summed E-state index contributed by atoms with van der Waals surface area (Å²) in [5, 5.41) is 5.45. The zero-order chi connectivity index (χ0) is 19.2. The summed E-state index contributed by atoms with van der Waals surface area (Å²) in [4.78, 5) is 17.1. The molecule has 0 aliphatic heterocycles. The van der Waals surface area contributed by atoms with Gasteiger partial charge in [0.2, 0.25) is 0 Å².